The number of anilines is 1. The topological polar surface area (TPSA) is 57.7 Å². The molecule has 3 aliphatic heterocycles. The van der Waals surface area contributed by atoms with E-state index in [4.69, 9.17) is 0 Å². The fraction of sp³-hybridized carbons (Fsp3) is 0.577. The number of ketones is 1. The fourth-order valence-electron chi connectivity index (χ4n) is 8.69. The number of likely N-dealkylation sites (tertiary alicyclic amines) is 1. The Labute approximate surface area is 182 Å². The molecule has 5 heteroatoms. The summed E-state index contributed by atoms with van der Waals surface area (Å²) in [5.41, 5.74) is 1.77. The molecule has 0 spiro atoms. The van der Waals surface area contributed by atoms with Gasteiger partial charge in [-0.25, -0.2) is 0 Å². The van der Waals surface area contributed by atoms with Crippen LogP contribution in [0.1, 0.15) is 44.1 Å². The Bertz CT molecular complexity index is 1020. The highest BCUT2D eigenvalue weighted by molar-refractivity contribution is 6.11. The summed E-state index contributed by atoms with van der Waals surface area (Å²) in [4.78, 5) is 44.4. The molecular formula is C26H28N2O3. The second-order valence-corrected chi connectivity index (χ2v) is 11.1. The van der Waals surface area contributed by atoms with Gasteiger partial charge in [0.1, 0.15) is 6.04 Å². The lowest BCUT2D eigenvalue weighted by Crippen LogP contribution is -2.57. The van der Waals surface area contributed by atoms with E-state index in [0.29, 0.717) is 17.8 Å². The van der Waals surface area contributed by atoms with Crippen molar-refractivity contribution in [1.82, 2.24) is 4.90 Å². The van der Waals surface area contributed by atoms with Gasteiger partial charge in [-0.2, -0.15) is 0 Å². The monoisotopic (exact) mass is 416 g/mol. The maximum atomic E-state index is 14.5. The van der Waals surface area contributed by atoms with Gasteiger partial charge in [-0.3, -0.25) is 19.3 Å². The van der Waals surface area contributed by atoms with Gasteiger partial charge in [0.15, 0.2) is 5.78 Å². The molecule has 0 aromatic heterocycles. The highest BCUT2D eigenvalue weighted by Crippen LogP contribution is 2.62. The smallest absolute Gasteiger partial charge is 0.235 e. The zero-order valence-corrected chi connectivity index (χ0v) is 17.9. The van der Waals surface area contributed by atoms with E-state index in [-0.39, 0.29) is 29.1 Å². The molecule has 5 nitrogen and oxygen atoms in total. The first-order valence-electron chi connectivity index (χ1n) is 11.9. The number of benzene rings is 1. The summed E-state index contributed by atoms with van der Waals surface area (Å²) in [6.07, 6.45) is 10.9. The summed E-state index contributed by atoms with van der Waals surface area (Å²) in [5.74, 6) is 0.948. The molecule has 4 bridgehead atoms. The van der Waals surface area contributed by atoms with Gasteiger partial charge < -0.3 is 4.90 Å². The first-order valence-corrected chi connectivity index (χ1v) is 11.9. The van der Waals surface area contributed by atoms with Gasteiger partial charge in [0, 0.05) is 18.2 Å². The minimum absolute atomic E-state index is 0.130. The van der Waals surface area contributed by atoms with Crippen molar-refractivity contribution in [3.8, 4) is 0 Å². The van der Waals surface area contributed by atoms with Gasteiger partial charge in [-0.1, -0.05) is 30.4 Å². The lowest BCUT2D eigenvalue weighted by Gasteiger charge is -2.57. The normalized spacial score (nSPS) is 44.0. The largest absolute Gasteiger partial charge is 0.353 e. The van der Waals surface area contributed by atoms with E-state index in [2.05, 4.69) is 23.1 Å². The summed E-state index contributed by atoms with van der Waals surface area (Å²) in [6.45, 7) is 0. The molecule has 160 valence electrons. The maximum Gasteiger partial charge on any atom is 0.235 e. The van der Waals surface area contributed by atoms with Gasteiger partial charge >= 0.3 is 0 Å². The first-order chi connectivity index (χ1) is 15.0. The van der Waals surface area contributed by atoms with E-state index in [1.807, 2.05) is 18.2 Å². The van der Waals surface area contributed by atoms with Gasteiger partial charge in [0.05, 0.1) is 17.9 Å². The quantitative estimate of drug-likeness (QED) is 0.695. The van der Waals surface area contributed by atoms with Gasteiger partial charge in [0.2, 0.25) is 11.8 Å². The molecule has 4 atom stereocenters. The van der Waals surface area contributed by atoms with Crippen LogP contribution < -0.4 is 4.90 Å². The minimum Gasteiger partial charge on any atom is -0.353 e. The van der Waals surface area contributed by atoms with Crippen LogP contribution in [0, 0.1) is 35.0 Å². The Balaban J connectivity index is 1.37. The third-order valence-corrected chi connectivity index (χ3v) is 9.46. The Hall–Kier alpha value is -2.43. The zero-order valence-electron chi connectivity index (χ0n) is 17.9. The number of carbonyl (C=O) groups is 3. The summed E-state index contributed by atoms with van der Waals surface area (Å²) < 4.78 is 0. The van der Waals surface area contributed by atoms with Crippen molar-refractivity contribution >= 4 is 29.4 Å². The van der Waals surface area contributed by atoms with Crippen molar-refractivity contribution in [1.29, 1.82) is 0 Å². The number of para-hydroxylation sites is 1. The number of nitrogens with zero attached hydrogens (tertiary/aromatic N) is 2. The molecule has 7 aliphatic rings. The van der Waals surface area contributed by atoms with Crippen molar-refractivity contribution in [2.45, 2.75) is 50.6 Å². The first kappa shape index (κ1) is 18.2. The lowest BCUT2D eigenvalue weighted by atomic mass is 9.47. The number of imide groups is 1. The molecule has 4 saturated carbocycles. The van der Waals surface area contributed by atoms with E-state index < -0.39 is 17.9 Å². The van der Waals surface area contributed by atoms with Crippen LogP contribution in [0.4, 0.5) is 5.69 Å². The fourth-order valence-corrected chi connectivity index (χ4v) is 8.69. The van der Waals surface area contributed by atoms with Crippen molar-refractivity contribution < 1.29 is 14.4 Å². The van der Waals surface area contributed by atoms with Crippen LogP contribution in [0.25, 0.3) is 6.08 Å². The Morgan fingerprint density at radius 1 is 0.935 bits per heavy atom. The van der Waals surface area contributed by atoms with E-state index in [1.54, 1.807) is 7.05 Å². The maximum absolute atomic E-state index is 14.5. The number of hydrogen-bond acceptors (Lipinski definition) is 4. The predicted octanol–water partition coefficient (Wildman–Crippen LogP) is 3.29. The van der Waals surface area contributed by atoms with E-state index >= 15 is 0 Å². The standard InChI is InChI=1S/C26H28N2O3/c1-27-24(30)20-19-7-6-17-4-2-3-5-18(17)28(19)22(21(20)25(27)31)23(29)26-11-14-8-15(12-26)10-16(9-14)13-26/h2-7,14-16,19-22H,8-13H2,1H3/t14?,15?,16?,19-,20-,21-,22+,26?/m1/s1. The number of Topliss-reactive ketones (excluding diaryl/α,β-unsaturated/α-hetero) is 1. The molecule has 2 amide bonds. The van der Waals surface area contributed by atoms with Crippen LogP contribution in [-0.2, 0) is 14.4 Å². The lowest BCUT2D eigenvalue weighted by molar-refractivity contribution is -0.148. The van der Waals surface area contributed by atoms with Crippen LogP contribution in [-0.4, -0.2) is 41.6 Å². The molecule has 0 N–H and O–H groups in total. The number of rotatable bonds is 2. The number of fused-ring (bicyclic) bond motifs is 5. The second kappa shape index (κ2) is 5.87. The molecule has 4 aliphatic carbocycles. The Kier molecular flexibility index (Phi) is 3.44. The summed E-state index contributed by atoms with van der Waals surface area (Å²) in [7, 11) is 1.58. The predicted molar refractivity (Wildman–Crippen MR) is 116 cm³/mol. The van der Waals surface area contributed by atoms with Gasteiger partial charge in [-0.05, 0) is 67.9 Å². The molecule has 1 aromatic rings. The average Bonchev–Trinajstić information content (AvgIpc) is 3.21. The zero-order chi connectivity index (χ0) is 21.1. The van der Waals surface area contributed by atoms with Crippen LogP contribution in [0.15, 0.2) is 30.3 Å². The molecule has 8 rings (SSSR count). The molecule has 31 heavy (non-hydrogen) atoms. The van der Waals surface area contributed by atoms with E-state index in [9.17, 15) is 14.4 Å². The molecule has 0 radical (unpaired) electrons. The molecule has 6 fully saturated rings. The third kappa shape index (κ3) is 2.20. The second-order valence-electron chi connectivity index (χ2n) is 11.1. The van der Waals surface area contributed by atoms with E-state index in [1.165, 1.54) is 24.2 Å². The van der Waals surface area contributed by atoms with Gasteiger partial charge in [-0.15, -0.1) is 0 Å². The van der Waals surface area contributed by atoms with Crippen LogP contribution >= 0.6 is 0 Å². The Morgan fingerprint density at radius 2 is 1.55 bits per heavy atom. The molecule has 1 aromatic carbocycles. The highest BCUT2D eigenvalue weighted by Gasteiger charge is 2.66. The molecule has 2 saturated heterocycles. The van der Waals surface area contributed by atoms with Crippen molar-refractivity contribution in [2.75, 3.05) is 11.9 Å². The van der Waals surface area contributed by atoms with Crippen LogP contribution in [0.5, 0.6) is 0 Å². The van der Waals surface area contributed by atoms with Crippen LogP contribution in [0.3, 0.4) is 0 Å². The summed E-state index contributed by atoms with van der Waals surface area (Å²) >= 11 is 0. The minimum atomic E-state index is -0.557. The summed E-state index contributed by atoms with van der Waals surface area (Å²) in [6, 6.07) is 7.35. The van der Waals surface area contributed by atoms with E-state index in [0.717, 1.165) is 30.5 Å². The number of amides is 2. The molecule has 0 unspecified atom stereocenters. The molecule has 3 heterocycles. The number of carbonyl (C=O) groups excluding carboxylic acids is 3. The van der Waals surface area contributed by atoms with Gasteiger partial charge in [0.25, 0.3) is 0 Å². The number of hydrogen-bond donors (Lipinski definition) is 0. The van der Waals surface area contributed by atoms with Crippen molar-refractivity contribution in [3.63, 3.8) is 0 Å². The summed E-state index contributed by atoms with van der Waals surface area (Å²) in [5, 5.41) is 0. The van der Waals surface area contributed by atoms with Crippen molar-refractivity contribution in [3.05, 3.63) is 35.9 Å². The highest BCUT2D eigenvalue weighted by atomic mass is 16.2. The SMILES string of the molecule is CN1C(=O)[C@@H]2[C@H](C1=O)[C@H]1C=Cc3ccccc3N1[C@@H]2C(=O)C12CC3CC(CC(C3)C1)C2. The van der Waals surface area contributed by atoms with Crippen LogP contribution in [0.2, 0.25) is 0 Å². The third-order valence-electron chi connectivity index (χ3n) is 9.46. The average molecular weight is 417 g/mol. The Morgan fingerprint density at radius 3 is 2.23 bits per heavy atom. The van der Waals surface area contributed by atoms with Crippen molar-refractivity contribution in [2.24, 2.45) is 35.0 Å². The molecular weight excluding hydrogens is 388 g/mol.